The van der Waals surface area contributed by atoms with E-state index in [4.69, 9.17) is 4.74 Å². The molecule has 0 amide bonds. The van der Waals surface area contributed by atoms with Crippen molar-refractivity contribution in [3.05, 3.63) is 38.8 Å². The van der Waals surface area contributed by atoms with Crippen LogP contribution in [0.5, 0.6) is 5.75 Å². The molecule has 0 aliphatic rings. The number of rotatable bonds is 5. The number of aryl methyl sites for hydroxylation is 2. The van der Waals surface area contributed by atoms with E-state index in [0.717, 1.165) is 26.6 Å². The first-order valence-electron chi connectivity index (χ1n) is 6.25. The van der Waals surface area contributed by atoms with Gasteiger partial charge < -0.3 is 4.74 Å². The van der Waals surface area contributed by atoms with Crippen LogP contribution in [0.15, 0.2) is 27.8 Å². The van der Waals surface area contributed by atoms with E-state index >= 15 is 0 Å². The lowest BCUT2D eigenvalue weighted by Crippen LogP contribution is -1.94. The molecule has 4 nitrogen and oxygen atoms in total. The maximum absolute atomic E-state index is 5.47. The minimum absolute atomic E-state index is 0.649. The number of thiazole rings is 1. The van der Waals surface area contributed by atoms with Gasteiger partial charge in [-0.25, -0.2) is 4.98 Å². The highest BCUT2D eigenvalue weighted by atomic mass is 79.9. The third-order valence-corrected chi connectivity index (χ3v) is 4.26. The summed E-state index contributed by atoms with van der Waals surface area (Å²) in [6.07, 6.45) is 1.76. The van der Waals surface area contributed by atoms with E-state index in [2.05, 4.69) is 31.4 Å². The van der Waals surface area contributed by atoms with Gasteiger partial charge in [0.05, 0.1) is 23.0 Å². The van der Waals surface area contributed by atoms with Crippen molar-refractivity contribution in [1.29, 1.82) is 0 Å². The number of nitrogens with zero attached hydrogens (tertiary/aromatic N) is 2. The van der Waals surface area contributed by atoms with Crippen molar-refractivity contribution < 1.29 is 4.74 Å². The summed E-state index contributed by atoms with van der Waals surface area (Å²) in [5.41, 5.74) is 4.97. The van der Waals surface area contributed by atoms with Crippen LogP contribution in [0.4, 0.5) is 5.13 Å². The molecule has 2 aromatic rings. The fraction of sp³-hybridized carbons (Fsp3) is 0.286. The van der Waals surface area contributed by atoms with Gasteiger partial charge in [-0.2, -0.15) is 5.10 Å². The highest BCUT2D eigenvalue weighted by Crippen LogP contribution is 2.25. The van der Waals surface area contributed by atoms with Crippen LogP contribution in [0.1, 0.15) is 23.1 Å². The van der Waals surface area contributed by atoms with Crippen LogP contribution < -0.4 is 10.2 Å². The summed E-state index contributed by atoms with van der Waals surface area (Å²) in [6, 6.07) is 5.85. The molecule has 0 spiro atoms. The Labute approximate surface area is 131 Å². The first-order chi connectivity index (χ1) is 9.60. The molecule has 0 aliphatic heterocycles. The number of benzene rings is 1. The van der Waals surface area contributed by atoms with Crippen molar-refractivity contribution in [1.82, 2.24) is 4.98 Å². The number of anilines is 1. The van der Waals surface area contributed by atoms with Gasteiger partial charge in [0.25, 0.3) is 0 Å². The number of halogens is 1. The third-order valence-electron chi connectivity index (χ3n) is 2.66. The predicted octanol–water partition coefficient (Wildman–Crippen LogP) is 4.37. The van der Waals surface area contributed by atoms with Crippen molar-refractivity contribution in [2.45, 2.75) is 20.8 Å². The quantitative estimate of drug-likeness (QED) is 0.641. The van der Waals surface area contributed by atoms with Crippen LogP contribution in [0.25, 0.3) is 0 Å². The summed E-state index contributed by atoms with van der Waals surface area (Å²) in [5, 5.41) is 5.00. The SMILES string of the molecule is CCOc1ccc(/C=N\Nc2nc(C)c(C)s2)cc1Br. The molecule has 0 radical (unpaired) electrons. The van der Waals surface area contributed by atoms with Crippen LogP contribution in [0.2, 0.25) is 0 Å². The van der Waals surface area contributed by atoms with Crippen LogP contribution in [0, 0.1) is 13.8 Å². The van der Waals surface area contributed by atoms with E-state index in [1.54, 1.807) is 17.6 Å². The molecule has 1 N–H and O–H groups in total. The Morgan fingerprint density at radius 2 is 2.25 bits per heavy atom. The number of nitrogens with one attached hydrogen (secondary N) is 1. The molecule has 0 aliphatic carbocycles. The predicted molar refractivity (Wildman–Crippen MR) is 88.1 cm³/mol. The number of aromatic nitrogens is 1. The lowest BCUT2D eigenvalue weighted by Gasteiger charge is -2.05. The monoisotopic (exact) mass is 353 g/mol. The normalized spacial score (nSPS) is 11.0. The highest BCUT2D eigenvalue weighted by Gasteiger charge is 2.02. The Kier molecular flexibility index (Phi) is 5.14. The fourth-order valence-corrected chi connectivity index (χ4v) is 2.83. The zero-order chi connectivity index (χ0) is 14.5. The van der Waals surface area contributed by atoms with Gasteiger partial charge in [-0.3, -0.25) is 5.43 Å². The second-order valence-corrected chi connectivity index (χ2v) is 6.21. The van der Waals surface area contributed by atoms with E-state index in [1.807, 2.05) is 39.0 Å². The molecule has 0 saturated heterocycles. The van der Waals surface area contributed by atoms with Crippen LogP contribution in [-0.2, 0) is 0 Å². The molecule has 0 bridgehead atoms. The number of hydrazone groups is 1. The Hall–Kier alpha value is -1.40. The van der Waals surface area contributed by atoms with E-state index in [1.165, 1.54) is 4.88 Å². The molecule has 20 heavy (non-hydrogen) atoms. The average Bonchev–Trinajstić information content (AvgIpc) is 2.72. The smallest absolute Gasteiger partial charge is 0.203 e. The largest absolute Gasteiger partial charge is 0.493 e. The first kappa shape index (κ1) is 15.0. The number of ether oxygens (including phenoxy) is 1. The molecular weight excluding hydrogens is 338 g/mol. The van der Waals surface area contributed by atoms with Crippen LogP contribution in [-0.4, -0.2) is 17.8 Å². The summed E-state index contributed by atoms with van der Waals surface area (Å²) in [4.78, 5) is 5.56. The summed E-state index contributed by atoms with van der Waals surface area (Å²) in [6.45, 7) is 6.65. The van der Waals surface area contributed by atoms with Gasteiger partial charge in [0.15, 0.2) is 0 Å². The lowest BCUT2D eigenvalue weighted by molar-refractivity contribution is 0.338. The average molecular weight is 354 g/mol. The Morgan fingerprint density at radius 3 is 2.85 bits per heavy atom. The zero-order valence-electron chi connectivity index (χ0n) is 11.6. The molecule has 0 atom stereocenters. The van der Waals surface area contributed by atoms with Gasteiger partial charge in [-0.15, -0.1) is 11.3 Å². The standard InChI is InChI=1S/C14H16BrN3OS/c1-4-19-13-6-5-11(7-12(13)15)8-16-18-14-17-9(2)10(3)20-14/h5-8H,4H2,1-3H3,(H,17,18)/b16-8-. The van der Waals surface area contributed by atoms with Gasteiger partial charge in [0.2, 0.25) is 5.13 Å². The second kappa shape index (κ2) is 6.85. The lowest BCUT2D eigenvalue weighted by atomic mass is 10.2. The van der Waals surface area contributed by atoms with Gasteiger partial charge in [-0.05, 0) is 60.5 Å². The van der Waals surface area contributed by atoms with Crippen molar-refractivity contribution in [3.63, 3.8) is 0 Å². The van der Waals surface area contributed by atoms with Crippen molar-refractivity contribution >= 4 is 38.6 Å². The van der Waals surface area contributed by atoms with Crippen LogP contribution in [0.3, 0.4) is 0 Å². The molecule has 0 unspecified atom stereocenters. The highest BCUT2D eigenvalue weighted by molar-refractivity contribution is 9.10. The molecule has 0 fully saturated rings. The molecule has 1 heterocycles. The second-order valence-electron chi connectivity index (χ2n) is 4.15. The zero-order valence-corrected chi connectivity index (χ0v) is 14.0. The number of hydrogen-bond donors (Lipinski definition) is 1. The van der Waals surface area contributed by atoms with E-state index in [0.29, 0.717) is 6.61 Å². The molecule has 106 valence electrons. The van der Waals surface area contributed by atoms with Crippen molar-refractivity contribution in [2.24, 2.45) is 5.10 Å². The van der Waals surface area contributed by atoms with E-state index in [9.17, 15) is 0 Å². The fourth-order valence-electron chi connectivity index (χ4n) is 1.55. The van der Waals surface area contributed by atoms with E-state index in [-0.39, 0.29) is 0 Å². The molecule has 0 saturated carbocycles. The van der Waals surface area contributed by atoms with Crippen molar-refractivity contribution in [3.8, 4) is 5.75 Å². The van der Waals surface area contributed by atoms with Gasteiger partial charge in [0.1, 0.15) is 5.75 Å². The van der Waals surface area contributed by atoms with E-state index < -0.39 is 0 Å². The Bertz CT molecular complexity index is 605. The summed E-state index contributed by atoms with van der Waals surface area (Å²) in [5.74, 6) is 0.837. The maximum atomic E-state index is 5.47. The Morgan fingerprint density at radius 1 is 1.45 bits per heavy atom. The molecule has 2 rings (SSSR count). The van der Waals surface area contributed by atoms with Gasteiger partial charge in [0, 0.05) is 4.88 Å². The van der Waals surface area contributed by atoms with Crippen LogP contribution >= 0.6 is 27.3 Å². The van der Waals surface area contributed by atoms with Gasteiger partial charge in [-0.1, -0.05) is 0 Å². The Balaban J connectivity index is 2.02. The maximum Gasteiger partial charge on any atom is 0.203 e. The minimum Gasteiger partial charge on any atom is -0.493 e. The topological polar surface area (TPSA) is 46.5 Å². The summed E-state index contributed by atoms with van der Waals surface area (Å²) >= 11 is 5.08. The first-order valence-corrected chi connectivity index (χ1v) is 7.86. The summed E-state index contributed by atoms with van der Waals surface area (Å²) < 4.78 is 6.39. The minimum atomic E-state index is 0.649. The molecule has 6 heteroatoms. The van der Waals surface area contributed by atoms with Gasteiger partial charge >= 0.3 is 0 Å². The molecule has 1 aromatic heterocycles. The molecular formula is C14H16BrN3OS. The number of hydrogen-bond acceptors (Lipinski definition) is 5. The third kappa shape index (κ3) is 3.80. The molecule has 1 aromatic carbocycles. The van der Waals surface area contributed by atoms with Crippen molar-refractivity contribution in [2.75, 3.05) is 12.0 Å². The summed E-state index contributed by atoms with van der Waals surface area (Å²) in [7, 11) is 0.